The highest BCUT2D eigenvalue weighted by molar-refractivity contribution is 5.52. The molecule has 4 rings (SSSR count). The van der Waals surface area contributed by atoms with Gasteiger partial charge in [-0.2, -0.15) is 5.10 Å². The quantitative estimate of drug-likeness (QED) is 0.859. The van der Waals surface area contributed by atoms with E-state index in [1.54, 1.807) is 17.1 Å². The van der Waals surface area contributed by atoms with E-state index < -0.39 is 0 Å². The fraction of sp³-hybridized carbons (Fsp3) is 0.529. The number of rotatable bonds is 3. The van der Waals surface area contributed by atoms with Crippen molar-refractivity contribution in [2.24, 2.45) is 0 Å². The summed E-state index contributed by atoms with van der Waals surface area (Å²) in [5.74, 6) is 1.05. The molecule has 2 aliphatic rings. The van der Waals surface area contributed by atoms with Crippen LogP contribution in [-0.2, 0) is 32.4 Å². The van der Waals surface area contributed by atoms with E-state index in [1.807, 2.05) is 0 Å². The predicted octanol–water partition coefficient (Wildman–Crippen LogP) is 1.49. The molecular formula is C17H21N5O. The lowest BCUT2D eigenvalue weighted by atomic mass is 10.1. The normalized spacial score (nSPS) is 16.3. The fourth-order valence-corrected chi connectivity index (χ4v) is 3.61. The van der Waals surface area contributed by atoms with Crippen molar-refractivity contribution in [2.75, 3.05) is 11.4 Å². The first-order valence-electron chi connectivity index (χ1n) is 8.44. The largest absolute Gasteiger partial charge is 0.351 e. The molecule has 2 aromatic rings. The average Bonchev–Trinajstić information content (AvgIpc) is 3.04. The molecule has 23 heavy (non-hydrogen) atoms. The Morgan fingerprint density at radius 3 is 2.96 bits per heavy atom. The summed E-state index contributed by atoms with van der Waals surface area (Å²) >= 11 is 0. The molecule has 0 saturated carbocycles. The maximum absolute atomic E-state index is 12.2. The molecule has 0 N–H and O–H groups in total. The van der Waals surface area contributed by atoms with Crippen LogP contribution in [0.1, 0.15) is 42.3 Å². The van der Waals surface area contributed by atoms with Crippen LogP contribution in [0, 0.1) is 0 Å². The van der Waals surface area contributed by atoms with Crippen molar-refractivity contribution in [2.45, 2.75) is 52.1 Å². The van der Waals surface area contributed by atoms with Gasteiger partial charge in [-0.15, -0.1) is 0 Å². The molecule has 0 unspecified atom stereocenters. The van der Waals surface area contributed by atoms with Gasteiger partial charge in [-0.05, 0) is 25.7 Å². The minimum Gasteiger partial charge on any atom is -0.351 e. The zero-order valence-corrected chi connectivity index (χ0v) is 13.5. The molecular weight excluding hydrogens is 290 g/mol. The molecule has 120 valence electrons. The second-order valence-corrected chi connectivity index (χ2v) is 6.33. The number of anilines is 1. The lowest BCUT2D eigenvalue weighted by Gasteiger charge is -2.30. The van der Waals surface area contributed by atoms with Gasteiger partial charge in [0, 0.05) is 48.9 Å². The van der Waals surface area contributed by atoms with Crippen LogP contribution < -0.4 is 10.5 Å². The summed E-state index contributed by atoms with van der Waals surface area (Å²) in [5.41, 5.74) is 4.58. The van der Waals surface area contributed by atoms with E-state index in [-0.39, 0.29) is 5.56 Å². The molecule has 6 nitrogen and oxygen atoms in total. The van der Waals surface area contributed by atoms with Gasteiger partial charge in [-0.25, -0.2) is 14.6 Å². The zero-order valence-electron chi connectivity index (χ0n) is 13.5. The Bertz CT molecular complexity index is 798. The number of fused-ring (bicyclic) bond motifs is 2. The van der Waals surface area contributed by atoms with Gasteiger partial charge < -0.3 is 4.90 Å². The third kappa shape index (κ3) is 2.52. The molecule has 0 atom stereocenters. The number of hydrogen-bond acceptors (Lipinski definition) is 5. The Labute approximate surface area is 135 Å². The molecule has 3 heterocycles. The molecule has 0 saturated heterocycles. The Morgan fingerprint density at radius 1 is 1.17 bits per heavy atom. The number of aryl methyl sites for hydroxylation is 2. The van der Waals surface area contributed by atoms with E-state index in [9.17, 15) is 4.79 Å². The Hall–Kier alpha value is -2.24. The molecule has 0 radical (unpaired) electrons. The summed E-state index contributed by atoms with van der Waals surface area (Å²) in [6.07, 6.45) is 6.73. The highest BCUT2D eigenvalue weighted by atomic mass is 16.1. The Kier molecular flexibility index (Phi) is 3.59. The van der Waals surface area contributed by atoms with E-state index in [2.05, 4.69) is 26.9 Å². The number of nitrogens with zero attached hydrogens (tertiary/aromatic N) is 5. The molecule has 1 aliphatic carbocycles. The first kappa shape index (κ1) is 14.4. The summed E-state index contributed by atoms with van der Waals surface area (Å²) in [6.45, 7) is 4.36. The van der Waals surface area contributed by atoms with E-state index in [4.69, 9.17) is 0 Å². The van der Waals surface area contributed by atoms with Gasteiger partial charge in [0.05, 0.1) is 5.69 Å². The van der Waals surface area contributed by atoms with Crippen LogP contribution in [-0.4, -0.2) is 26.3 Å². The van der Waals surface area contributed by atoms with Crippen LogP contribution in [0.2, 0.25) is 0 Å². The van der Waals surface area contributed by atoms with Crippen molar-refractivity contribution >= 4 is 5.82 Å². The maximum atomic E-state index is 12.2. The molecule has 1 aliphatic heterocycles. The van der Waals surface area contributed by atoms with Gasteiger partial charge in [0.1, 0.15) is 12.1 Å². The Balaban J connectivity index is 1.66. The summed E-state index contributed by atoms with van der Waals surface area (Å²) in [6, 6.07) is 1.76. The lowest BCUT2D eigenvalue weighted by Crippen LogP contribution is -2.36. The molecule has 0 aromatic carbocycles. The third-order valence-corrected chi connectivity index (χ3v) is 4.73. The minimum absolute atomic E-state index is 0.000339. The summed E-state index contributed by atoms with van der Waals surface area (Å²) < 4.78 is 1.59. The van der Waals surface area contributed by atoms with Gasteiger partial charge in [0.2, 0.25) is 0 Å². The fourth-order valence-electron chi connectivity index (χ4n) is 3.61. The zero-order chi connectivity index (χ0) is 15.8. The van der Waals surface area contributed by atoms with Gasteiger partial charge in [-0.3, -0.25) is 4.79 Å². The number of aromatic nitrogens is 4. The minimum atomic E-state index is 0.000339. The van der Waals surface area contributed by atoms with E-state index in [0.717, 1.165) is 55.7 Å². The first-order valence-corrected chi connectivity index (χ1v) is 8.44. The Morgan fingerprint density at radius 2 is 2.09 bits per heavy atom. The van der Waals surface area contributed by atoms with Crippen molar-refractivity contribution in [1.29, 1.82) is 0 Å². The standard InChI is InChI=1S/C17H21N5O/c1-2-7-22-16(23)9-12-10-21(8-6-14(12)20-22)17-13-4-3-5-15(13)18-11-19-17/h9,11H,2-8,10H2,1H3. The maximum Gasteiger partial charge on any atom is 0.267 e. The summed E-state index contributed by atoms with van der Waals surface area (Å²) in [5, 5.41) is 4.55. The molecule has 0 spiro atoms. The molecule has 0 fully saturated rings. The highest BCUT2D eigenvalue weighted by Gasteiger charge is 2.25. The van der Waals surface area contributed by atoms with Crippen LogP contribution in [0.5, 0.6) is 0 Å². The third-order valence-electron chi connectivity index (χ3n) is 4.73. The monoisotopic (exact) mass is 311 g/mol. The van der Waals surface area contributed by atoms with E-state index in [1.165, 1.54) is 11.3 Å². The predicted molar refractivity (Wildman–Crippen MR) is 87.6 cm³/mol. The van der Waals surface area contributed by atoms with E-state index >= 15 is 0 Å². The van der Waals surface area contributed by atoms with Crippen LogP contribution in [0.4, 0.5) is 5.82 Å². The van der Waals surface area contributed by atoms with Gasteiger partial charge in [-0.1, -0.05) is 6.92 Å². The van der Waals surface area contributed by atoms with Crippen molar-refractivity contribution in [3.8, 4) is 0 Å². The highest BCUT2D eigenvalue weighted by Crippen LogP contribution is 2.30. The smallest absolute Gasteiger partial charge is 0.267 e. The van der Waals surface area contributed by atoms with Gasteiger partial charge >= 0.3 is 0 Å². The second-order valence-electron chi connectivity index (χ2n) is 6.33. The molecule has 0 bridgehead atoms. The van der Waals surface area contributed by atoms with Crippen molar-refractivity contribution in [3.05, 3.63) is 45.3 Å². The van der Waals surface area contributed by atoms with Crippen LogP contribution >= 0.6 is 0 Å². The van der Waals surface area contributed by atoms with Crippen molar-refractivity contribution in [3.63, 3.8) is 0 Å². The second kappa shape index (κ2) is 5.76. The topological polar surface area (TPSA) is 63.9 Å². The van der Waals surface area contributed by atoms with Crippen LogP contribution in [0.25, 0.3) is 0 Å². The summed E-state index contributed by atoms with van der Waals surface area (Å²) in [4.78, 5) is 23.4. The van der Waals surface area contributed by atoms with Crippen LogP contribution in [0.3, 0.4) is 0 Å². The lowest BCUT2D eigenvalue weighted by molar-refractivity contribution is 0.539. The number of hydrogen-bond donors (Lipinski definition) is 0. The first-order chi connectivity index (χ1) is 11.3. The van der Waals surface area contributed by atoms with Crippen LogP contribution in [0.15, 0.2) is 17.2 Å². The van der Waals surface area contributed by atoms with Crippen molar-refractivity contribution < 1.29 is 0 Å². The molecule has 6 heteroatoms. The van der Waals surface area contributed by atoms with E-state index in [0.29, 0.717) is 13.1 Å². The molecule has 0 amide bonds. The van der Waals surface area contributed by atoms with Gasteiger partial charge in [0.25, 0.3) is 5.56 Å². The summed E-state index contributed by atoms with van der Waals surface area (Å²) in [7, 11) is 0. The molecule has 2 aromatic heterocycles. The average molecular weight is 311 g/mol. The van der Waals surface area contributed by atoms with Crippen molar-refractivity contribution in [1.82, 2.24) is 19.7 Å². The van der Waals surface area contributed by atoms with Gasteiger partial charge in [0.15, 0.2) is 0 Å². The SMILES string of the molecule is CCCn1nc2c(cc1=O)CN(c1ncnc3c1CCC3)CC2.